The second-order valence-corrected chi connectivity index (χ2v) is 5.77. The van der Waals surface area contributed by atoms with Crippen molar-refractivity contribution < 1.29 is 14.6 Å². The van der Waals surface area contributed by atoms with Crippen LogP contribution in [0.25, 0.3) is 0 Å². The zero-order valence-electron chi connectivity index (χ0n) is 12.9. The van der Waals surface area contributed by atoms with Gasteiger partial charge in [0.1, 0.15) is 11.5 Å². The van der Waals surface area contributed by atoms with Crippen LogP contribution in [-0.2, 0) is 17.6 Å². The van der Waals surface area contributed by atoms with Gasteiger partial charge in [-0.1, -0.05) is 23.3 Å². The molecule has 1 heterocycles. The van der Waals surface area contributed by atoms with Crippen molar-refractivity contribution in [2.24, 2.45) is 0 Å². The maximum atomic E-state index is 11.4. The summed E-state index contributed by atoms with van der Waals surface area (Å²) in [6.45, 7) is 6.30. The number of carbonyl (C=O) groups excluding carboxylic acids is 1. The number of ether oxygens (including phenoxy) is 1. The molecule has 3 heteroatoms. The van der Waals surface area contributed by atoms with Crippen LogP contribution in [0.1, 0.15) is 44.7 Å². The van der Waals surface area contributed by atoms with E-state index in [9.17, 15) is 9.90 Å². The van der Waals surface area contributed by atoms with E-state index in [2.05, 4.69) is 32.9 Å². The quantitative estimate of drug-likeness (QED) is 0.504. The van der Waals surface area contributed by atoms with Crippen molar-refractivity contribution in [1.29, 1.82) is 0 Å². The molecule has 112 valence electrons. The van der Waals surface area contributed by atoms with Gasteiger partial charge in [0, 0.05) is 11.1 Å². The highest BCUT2D eigenvalue weighted by atomic mass is 16.5. The molecule has 1 aromatic carbocycles. The summed E-state index contributed by atoms with van der Waals surface area (Å²) in [4.78, 5) is 11.4. The summed E-state index contributed by atoms with van der Waals surface area (Å²) in [7, 11) is 0. The Morgan fingerprint density at radius 1 is 1.29 bits per heavy atom. The molecule has 0 amide bonds. The lowest BCUT2D eigenvalue weighted by molar-refractivity contribution is -0.131. The van der Waals surface area contributed by atoms with Gasteiger partial charge < -0.3 is 9.84 Å². The monoisotopic (exact) mass is 286 g/mol. The summed E-state index contributed by atoms with van der Waals surface area (Å²) in [5.41, 5.74) is 4.25. The van der Waals surface area contributed by atoms with Crippen molar-refractivity contribution in [3.8, 4) is 11.5 Å². The average Bonchev–Trinajstić information content (AvgIpc) is 2.78. The van der Waals surface area contributed by atoms with Crippen LogP contribution in [0.5, 0.6) is 11.5 Å². The Hall–Kier alpha value is -2.03. The molecule has 3 nitrogen and oxygen atoms in total. The second kappa shape index (κ2) is 6.61. The van der Waals surface area contributed by atoms with Crippen molar-refractivity contribution in [2.75, 3.05) is 0 Å². The number of hydrogen-bond acceptors (Lipinski definition) is 3. The minimum atomic E-state index is -0.249. The lowest BCUT2D eigenvalue weighted by atomic mass is 9.99. The summed E-state index contributed by atoms with van der Waals surface area (Å²) in [6.07, 6.45) is 7.27. The first-order valence-corrected chi connectivity index (χ1v) is 7.30. The van der Waals surface area contributed by atoms with Gasteiger partial charge in [0.05, 0.1) is 6.42 Å². The highest BCUT2D eigenvalue weighted by Crippen LogP contribution is 2.35. The van der Waals surface area contributed by atoms with Gasteiger partial charge in [-0.3, -0.25) is 4.79 Å². The summed E-state index contributed by atoms with van der Waals surface area (Å²) in [5.74, 6) is 0.574. The van der Waals surface area contributed by atoms with Crippen LogP contribution in [0.2, 0.25) is 0 Å². The van der Waals surface area contributed by atoms with Crippen LogP contribution in [-0.4, -0.2) is 11.1 Å². The Bertz CT molecular complexity index is 605. The van der Waals surface area contributed by atoms with Gasteiger partial charge in [0.2, 0.25) is 0 Å². The fraction of sp³-hybridized carbons (Fsp3) is 0.389. The van der Waals surface area contributed by atoms with E-state index in [-0.39, 0.29) is 18.1 Å². The number of esters is 1. The number of phenolic OH excluding ortho intramolecular Hbond substituents is 1. The fourth-order valence-electron chi connectivity index (χ4n) is 2.45. The van der Waals surface area contributed by atoms with E-state index in [1.54, 1.807) is 12.1 Å². The topological polar surface area (TPSA) is 46.5 Å². The molecule has 0 saturated carbocycles. The molecule has 1 aromatic rings. The standard InChI is InChI=1S/C18H22O3/c1-12(2)5-4-6-13(3)7-8-14-15-11-18(20)21-17(15)10-9-16(14)19/h5,7,9-10,19H,4,6,8,11H2,1-3H3. The third-order valence-electron chi connectivity index (χ3n) is 3.65. The number of benzene rings is 1. The van der Waals surface area contributed by atoms with E-state index in [1.807, 2.05) is 0 Å². The fourth-order valence-corrected chi connectivity index (χ4v) is 2.45. The average molecular weight is 286 g/mol. The van der Waals surface area contributed by atoms with Crippen molar-refractivity contribution >= 4 is 5.97 Å². The van der Waals surface area contributed by atoms with E-state index in [4.69, 9.17) is 4.74 Å². The molecule has 1 aliphatic heterocycles. The first kappa shape index (κ1) is 15.4. The summed E-state index contributed by atoms with van der Waals surface area (Å²) in [5, 5.41) is 10.0. The number of phenols is 1. The normalized spacial score (nSPS) is 13.9. The number of rotatable bonds is 5. The number of fused-ring (bicyclic) bond motifs is 1. The molecule has 0 bridgehead atoms. The molecule has 2 rings (SSSR count). The van der Waals surface area contributed by atoms with Crippen molar-refractivity contribution in [3.63, 3.8) is 0 Å². The van der Waals surface area contributed by atoms with Crippen molar-refractivity contribution in [3.05, 3.63) is 46.6 Å². The highest BCUT2D eigenvalue weighted by Gasteiger charge is 2.24. The summed E-state index contributed by atoms with van der Waals surface area (Å²) >= 11 is 0. The Morgan fingerprint density at radius 2 is 2.05 bits per heavy atom. The molecule has 0 aliphatic carbocycles. The minimum Gasteiger partial charge on any atom is -0.508 e. The van der Waals surface area contributed by atoms with Crippen LogP contribution < -0.4 is 4.74 Å². The van der Waals surface area contributed by atoms with E-state index in [0.717, 1.165) is 24.0 Å². The van der Waals surface area contributed by atoms with Crippen LogP contribution in [0.4, 0.5) is 0 Å². The van der Waals surface area contributed by atoms with Gasteiger partial charge in [0.25, 0.3) is 0 Å². The zero-order chi connectivity index (χ0) is 15.4. The van der Waals surface area contributed by atoms with E-state index in [0.29, 0.717) is 12.2 Å². The van der Waals surface area contributed by atoms with Crippen molar-refractivity contribution in [2.45, 2.75) is 46.5 Å². The van der Waals surface area contributed by atoms with E-state index in [1.165, 1.54) is 11.1 Å². The molecule has 21 heavy (non-hydrogen) atoms. The largest absolute Gasteiger partial charge is 0.508 e. The number of allylic oxidation sites excluding steroid dienone is 4. The maximum Gasteiger partial charge on any atom is 0.315 e. The molecule has 0 atom stereocenters. The van der Waals surface area contributed by atoms with E-state index >= 15 is 0 Å². The van der Waals surface area contributed by atoms with Gasteiger partial charge in [-0.05, 0) is 52.2 Å². The minimum absolute atomic E-state index is 0.236. The second-order valence-electron chi connectivity index (χ2n) is 5.77. The van der Waals surface area contributed by atoms with Crippen LogP contribution >= 0.6 is 0 Å². The Balaban J connectivity index is 2.08. The highest BCUT2D eigenvalue weighted by molar-refractivity contribution is 5.82. The third-order valence-corrected chi connectivity index (χ3v) is 3.65. The number of aromatic hydroxyl groups is 1. The van der Waals surface area contributed by atoms with E-state index < -0.39 is 0 Å². The Kier molecular flexibility index (Phi) is 4.84. The lowest BCUT2D eigenvalue weighted by Gasteiger charge is -2.07. The first-order valence-electron chi connectivity index (χ1n) is 7.30. The summed E-state index contributed by atoms with van der Waals surface area (Å²) in [6, 6.07) is 3.25. The molecule has 0 aromatic heterocycles. The first-order chi connectivity index (χ1) is 9.97. The molecule has 1 aliphatic rings. The molecule has 0 unspecified atom stereocenters. The van der Waals surface area contributed by atoms with Gasteiger partial charge in [-0.2, -0.15) is 0 Å². The van der Waals surface area contributed by atoms with Crippen LogP contribution in [0.3, 0.4) is 0 Å². The maximum absolute atomic E-state index is 11.4. The molecule has 0 spiro atoms. The Morgan fingerprint density at radius 3 is 2.76 bits per heavy atom. The molecular weight excluding hydrogens is 264 g/mol. The SMILES string of the molecule is CC(C)=CCCC(C)=CCc1c(O)ccc2c1CC(=O)O2. The Labute approximate surface area is 125 Å². The van der Waals surface area contributed by atoms with Crippen LogP contribution in [0, 0.1) is 0 Å². The molecule has 0 fully saturated rings. The zero-order valence-corrected chi connectivity index (χ0v) is 12.9. The molecule has 1 N–H and O–H groups in total. The third kappa shape index (κ3) is 3.97. The predicted molar refractivity (Wildman–Crippen MR) is 83.6 cm³/mol. The van der Waals surface area contributed by atoms with Gasteiger partial charge in [-0.15, -0.1) is 0 Å². The predicted octanol–water partition coefficient (Wildman–Crippen LogP) is 4.09. The smallest absolute Gasteiger partial charge is 0.315 e. The van der Waals surface area contributed by atoms with Gasteiger partial charge >= 0.3 is 5.97 Å². The van der Waals surface area contributed by atoms with Gasteiger partial charge in [0.15, 0.2) is 0 Å². The molecule has 0 radical (unpaired) electrons. The lowest BCUT2D eigenvalue weighted by Crippen LogP contribution is -2.00. The summed E-state index contributed by atoms with van der Waals surface area (Å²) < 4.78 is 5.12. The number of hydrogen-bond donors (Lipinski definition) is 1. The van der Waals surface area contributed by atoms with Crippen molar-refractivity contribution in [1.82, 2.24) is 0 Å². The van der Waals surface area contributed by atoms with Gasteiger partial charge in [-0.25, -0.2) is 0 Å². The molecule has 0 saturated heterocycles. The van der Waals surface area contributed by atoms with Crippen LogP contribution in [0.15, 0.2) is 35.4 Å². The molecular formula is C18H22O3. The number of carbonyl (C=O) groups is 1.